The van der Waals surface area contributed by atoms with Gasteiger partial charge in [-0.15, -0.1) is 0 Å². The molecule has 1 aromatic rings. The van der Waals surface area contributed by atoms with Crippen molar-refractivity contribution in [3.05, 3.63) is 28.8 Å². The average Bonchev–Trinajstić information content (AvgIpc) is 2.89. The number of nitrogens with zero attached hydrogens (tertiary/aromatic N) is 1. The predicted octanol–water partition coefficient (Wildman–Crippen LogP) is 2.33. The van der Waals surface area contributed by atoms with Crippen molar-refractivity contribution in [1.82, 2.24) is 0 Å². The SMILES string of the molecule is CCOC1CON=C1c1cc(Cl)ccc1O[C@@H](C)C(=O)O. The zero-order chi connectivity index (χ0) is 15.4. The molecule has 0 bridgehead atoms. The van der Waals surface area contributed by atoms with Crippen molar-refractivity contribution >= 4 is 23.3 Å². The van der Waals surface area contributed by atoms with Gasteiger partial charge in [0.2, 0.25) is 0 Å². The lowest BCUT2D eigenvalue weighted by atomic mass is 10.0. The van der Waals surface area contributed by atoms with Crippen LogP contribution in [0.15, 0.2) is 23.4 Å². The third-order valence-corrected chi connectivity index (χ3v) is 3.17. The summed E-state index contributed by atoms with van der Waals surface area (Å²) in [6.45, 7) is 4.14. The van der Waals surface area contributed by atoms with Gasteiger partial charge in [-0.2, -0.15) is 0 Å². The number of aliphatic carboxylic acids is 1. The lowest BCUT2D eigenvalue weighted by Crippen LogP contribution is -2.27. The van der Waals surface area contributed by atoms with E-state index in [1.165, 1.54) is 6.92 Å². The number of carboxylic acids is 1. The molecular formula is C14H16ClNO5. The average molecular weight is 314 g/mol. The van der Waals surface area contributed by atoms with Gasteiger partial charge in [-0.1, -0.05) is 16.8 Å². The first-order valence-electron chi connectivity index (χ1n) is 6.53. The highest BCUT2D eigenvalue weighted by atomic mass is 35.5. The summed E-state index contributed by atoms with van der Waals surface area (Å²) in [6.07, 6.45) is -1.31. The minimum absolute atomic E-state index is 0.309. The summed E-state index contributed by atoms with van der Waals surface area (Å²) < 4.78 is 11.0. The van der Waals surface area contributed by atoms with Crippen molar-refractivity contribution in [3.8, 4) is 5.75 Å². The van der Waals surface area contributed by atoms with Crippen molar-refractivity contribution in [2.24, 2.45) is 5.16 Å². The lowest BCUT2D eigenvalue weighted by molar-refractivity contribution is -0.144. The van der Waals surface area contributed by atoms with Crippen LogP contribution in [-0.2, 0) is 14.4 Å². The second kappa shape index (κ2) is 6.78. The Hall–Kier alpha value is -1.79. The second-order valence-corrected chi connectivity index (χ2v) is 4.89. The van der Waals surface area contributed by atoms with Gasteiger partial charge < -0.3 is 19.4 Å². The van der Waals surface area contributed by atoms with Gasteiger partial charge in [0.25, 0.3) is 0 Å². The van der Waals surface area contributed by atoms with Crippen LogP contribution in [-0.4, -0.2) is 42.2 Å². The maximum Gasteiger partial charge on any atom is 0.344 e. The van der Waals surface area contributed by atoms with Gasteiger partial charge in [0.1, 0.15) is 24.2 Å². The van der Waals surface area contributed by atoms with Gasteiger partial charge >= 0.3 is 5.97 Å². The van der Waals surface area contributed by atoms with E-state index in [1.807, 2.05) is 6.92 Å². The standard InChI is InChI=1S/C14H16ClNO5/c1-3-19-12-7-20-16-13(12)10-6-9(15)4-5-11(10)21-8(2)14(17)18/h4-6,8,12H,3,7H2,1-2H3,(H,17,18)/t8-,12?/m0/s1. The molecule has 1 aromatic carbocycles. The maximum absolute atomic E-state index is 10.9. The molecular weight excluding hydrogens is 298 g/mol. The monoisotopic (exact) mass is 313 g/mol. The largest absolute Gasteiger partial charge is 0.479 e. The van der Waals surface area contributed by atoms with E-state index in [0.717, 1.165) is 0 Å². The van der Waals surface area contributed by atoms with Crippen LogP contribution in [0.25, 0.3) is 0 Å². The minimum Gasteiger partial charge on any atom is -0.479 e. The Balaban J connectivity index is 2.33. The van der Waals surface area contributed by atoms with Gasteiger partial charge in [0, 0.05) is 17.2 Å². The molecule has 0 fully saturated rings. The first-order chi connectivity index (χ1) is 10.0. The number of hydrogen-bond donors (Lipinski definition) is 1. The van der Waals surface area contributed by atoms with Crippen molar-refractivity contribution in [1.29, 1.82) is 0 Å². The summed E-state index contributed by atoms with van der Waals surface area (Å²) in [7, 11) is 0. The van der Waals surface area contributed by atoms with Gasteiger partial charge in [0.15, 0.2) is 6.10 Å². The molecule has 0 aliphatic carbocycles. The highest BCUT2D eigenvalue weighted by molar-refractivity contribution is 6.31. The molecule has 7 heteroatoms. The molecule has 1 heterocycles. The molecule has 1 aliphatic heterocycles. The summed E-state index contributed by atoms with van der Waals surface area (Å²) >= 11 is 6.01. The molecule has 1 N–H and O–H groups in total. The van der Waals surface area contributed by atoms with E-state index in [9.17, 15) is 4.79 Å². The van der Waals surface area contributed by atoms with Crippen LogP contribution < -0.4 is 4.74 Å². The Morgan fingerprint density at radius 3 is 3.05 bits per heavy atom. The summed E-state index contributed by atoms with van der Waals surface area (Å²) in [5, 5.41) is 13.4. The van der Waals surface area contributed by atoms with E-state index in [4.69, 9.17) is 31.0 Å². The van der Waals surface area contributed by atoms with Crippen LogP contribution in [0.5, 0.6) is 5.75 Å². The number of carbonyl (C=O) groups is 1. The Morgan fingerprint density at radius 1 is 1.62 bits per heavy atom. The van der Waals surface area contributed by atoms with E-state index >= 15 is 0 Å². The quantitative estimate of drug-likeness (QED) is 0.872. The molecule has 2 atom stereocenters. The molecule has 0 saturated heterocycles. The smallest absolute Gasteiger partial charge is 0.344 e. The fourth-order valence-electron chi connectivity index (χ4n) is 1.91. The molecule has 2 rings (SSSR count). The summed E-state index contributed by atoms with van der Waals surface area (Å²) in [6, 6.07) is 4.90. The number of carboxylic acid groups (broad SMARTS) is 1. The van der Waals surface area contributed by atoms with E-state index in [-0.39, 0.29) is 6.10 Å². The number of rotatable bonds is 6. The molecule has 0 amide bonds. The number of benzene rings is 1. The fourth-order valence-corrected chi connectivity index (χ4v) is 2.08. The van der Waals surface area contributed by atoms with Gasteiger partial charge in [-0.3, -0.25) is 0 Å². The molecule has 1 aliphatic rings. The van der Waals surface area contributed by atoms with Gasteiger partial charge in [0.05, 0.1) is 0 Å². The highest BCUT2D eigenvalue weighted by Crippen LogP contribution is 2.28. The third-order valence-electron chi connectivity index (χ3n) is 2.93. The molecule has 0 aromatic heterocycles. The first kappa shape index (κ1) is 15.6. The van der Waals surface area contributed by atoms with Crippen molar-refractivity contribution in [3.63, 3.8) is 0 Å². The van der Waals surface area contributed by atoms with Crippen LogP contribution in [0.1, 0.15) is 19.4 Å². The number of halogens is 1. The predicted molar refractivity (Wildman–Crippen MR) is 77.1 cm³/mol. The van der Waals surface area contributed by atoms with Crippen LogP contribution >= 0.6 is 11.6 Å². The molecule has 0 saturated carbocycles. The summed E-state index contributed by atoms with van der Waals surface area (Å²) in [5.74, 6) is -0.676. The Kier molecular flexibility index (Phi) is 5.03. The maximum atomic E-state index is 10.9. The van der Waals surface area contributed by atoms with Crippen LogP contribution in [0.3, 0.4) is 0 Å². The molecule has 114 valence electrons. The lowest BCUT2D eigenvalue weighted by Gasteiger charge is -2.17. The minimum atomic E-state index is -1.05. The molecule has 6 nitrogen and oxygen atoms in total. The molecule has 0 spiro atoms. The first-order valence-corrected chi connectivity index (χ1v) is 6.91. The molecule has 0 radical (unpaired) electrons. The summed E-state index contributed by atoms with van der Waals surface area (Å²) in [4.78, 5) is 16.0. The molecule has 21 heavy (non-hydrogen) atoms. The van der Waals surface area contributed by atoms with Crippen molar-refractivity contribution in [2.45, 2.75) is 26.1 Å². The van der Waals surface area contributed by atoms with Gasteiger partial charge in [-0.05, 0) is 32.0 Å². The normalized spacial score (nSPS) is 18.8. The van der Waals surface area contributed by atoms with E-state index < -0.39 is 12.1 Å². The Labute approximate surface area is 127 Å². The van der Waals surface area contributed by atoms with Crippen LogP contribution in [0.4, 0.5) is 0 Å². The van der Waals surface area contributed by atoms with Crippen molar-refractivity contribution in [2.75, 3.05) is 13.2 Å². The van der Waals surface area contributed by atoms with E-state index in [1.54, 1.807) is 18.2 Å². The second-order valence-electron chi connectivity index (χ2n) is 4.46. The Morgan fingerprint density at radius 2 is 2.38 bits per heavy atom. The zero-order valence-electron chi connectivity index (χ0n) is 11.7. The van der Waals surface area contributed by atoms with Gasteiger partial charge in [-0.25, -0.2) is 4.79 Å². The number of ether oxygens (including phenoxy) is 2. The molecule has 1 unspecified atom stereocenters. The number of hydrogen-bond acceptors (Lipinski definition) is 5. The fraction of sp³-hybridized carbons (Fsp3) is 0.429. The van der Waals surface area contributed by atoms with E-state index in [0.29, 0.717) is 35.3 Å². The third kappa shape index (κ3) is 3.65. The topological polar surface area (TPSA) is 77.3 Å². The van der Waals surface area contributed by atoms with Crippen molar-refractivity contribution < 1.29 is 24.2 Å². The zero-order valence-corrected chi connectivity index (χ0v) is 12.5. The van der Waals surface area contributed by atoms with E-state index in [2.05, 4.69) is 5.16 Å². The number of oxime groups is 1. The van der Waals surface area contributed by atoms with Crippen LogP contribution in [0.2, 0.25) is 5.02 Å². The van der Waals surface area contributed by atoms with Crippen LogP contribution in [0, 0.1) is 0 Å². The highest BCUT2D eigenvalue weighted by Gasteiger charge is 2.28. The Bertz CT molecular complexity index is 560. The summed E-state index contributed by atoms with van der Waals surface area (Å²) in [5.41, 5.74) is 1.12.